The van der Waals surface area contributed by atoms with Crippen LogP contribution in [-0.4, -0.2) is 38.1 Å². The molecule has 0 saturated heterocycles. The first-order valence-corrected chi connectivity index (χ1v) is 7.77. The molecule has 0 aliphatic carbocycles. The van der Waals surface area contributed by atoms with Gasteiger partial charge in [-0.3, -0.25) is 4.79 Å². The molecule has 1 aromatic carbocycles. The first-order chi connectivity index (χ1) is 9.31. The van der Waals surface area contributed by atoms with Crippen LogP contribution in [0, 0.1) is 0 Å². The molecule has 2 rings (SSSR count). The average Bonchev–Trinajstić information content (AvgIpc) is 2.38. The second-order valence-electron chi connectivity index (χ2n) is 4.60. The predicted octanol–water partition coefficient (Wildman–Crippen LogP) is 0.928. The van der Waals surface area contributed by atoms with Crippen LogP contribution in [0.5, 0.6) is 5.75 Å². The number of nitrogens with one attached hydrogen (secondary N) is 1. The fourth-order valence-corrected chi connectivity index (χ4v) is 2.21. The Bertz CT molecular complexity index is 796. The number of hydrogen-bond donors (Lipinski definition) is 1. The van der Waals surface area contributed by atoms with E-state index in [-0.39, 0.29) is 12.1 Å². The molecule has 7 heteroatoms. The van der Waals surface area contributed by atoms with Crippen LogP contribution in [0.1, 0.15) is 5.56 Å². The lowest BCUT2D eigenvalue weighted by Crippen LogP contribution is -2.28. The zero-order valence-corrected chi connectivity index (χ0v) is 12.3. The number of ether oxygens (including phenoxy) is 1. The van der Waals surface area contributed by atoms with Crippen molar-refractivity contribution in [2.45, 2.75) is 6.54 Å². The van der Waals surface area contributed by atoms with Gasteiger partial charge in [-0.1, -0.05) is 0 Å². The second kappa shape index (κ2) is 5.26. The average molecular weight is 296 g/mol. The van der Waals surface area contributed by atoms with Crippen LogP contribution in [-0.2, 0) is 16.6 Å². The number of methoxy groups -OCH3 is 1. The minimum absolute atomic E-state index is 0.0291. The minimum atomic E-state index is -3.33. The molecule has 0 aliphatic rings. The molecule has 0 radical (unpaired) electrons. The number of aromatic nitrogens is 1. The van der Waals surface area contributed by atoms with Gasteiger partial charge in [-0.25, -0.2) is 12.7 Å². The van der Waals surface area contributed by atoms with Crippen molar-refractivity contribution in [1.29, 1.82) is 0 Å². The molecule has 1 heterocycles. The largest absolute Gasteiger partial charge is 0.497 e. The second-order valence-corrected chi connectivity index (χ2v) is 6.69. The summed E-state index contributed by atoms with van der Waals surface area (Å²) < 4.78 is 29.1. The van der Waals surface area contributed by atoms with Gasteiger partial charge >= 0.3 is 0 Å². The first-order valence-electron chi connectivity index (χ1n) is 5.92. The van der Waals surface area contributed by atoms with E-state index in [4.69, 9.17) is 4.74 Å². The van der Waals surface area contributed by atoms with Gasteiger partial charge in [0.1, 0.15) is 5.75 Å². The van der Waals surface area contributed by atoms with Crippen LogP contribution < -0.4 is 10.3 Å². The molecule has 0 unspecified atom stereocenters. The van der Waals surface area contributed by atoms with Gasteiger partial charge in [0.15, 0.2) is 0 Å². The summed E-state index contributed by atoms with van der Waals surface area (Å²) in [4.78, 5) is 14.7. The highest BCUT2D eigenvalue weighted by molar-refractivity contribution is 7.88. The van der Waals surface area contributed by atoms with Crippen LogP contribution >= 0.6 is 0 Å². The molecule has 108 valence electrons. The van der Waals surface area contributed by atoms with Crippen molar-refractivity contribution in [3.8, 4) is 5.75 Å². The lowest BCUT2D eigenvalue weighted by molar-refractivity contribution is 0.415. The van der Waals surface area contributed by atoms with E-state index in [1.54, 1.807) is 31.4 Å². The van der Waals surface area contributed by atoms with Crippen molar-refractivity contribution in [3.05, 3.63) is 40.2 Å². The number of fused-ring (bicyclic) bond motifs is 1. The number of nitrogens with zero attached hydrogens (tertiary/aromatic N) is 1. The summed E-state index contributed by atoms with van der Waals surface area (Å²) in [5.74, 6) is 0.673. The first kappa shape index (κ1) is 14.5. The Balaban J connectivity index is 2.48. The molecule has 0 spiro atoms. The Morgan fingerprint density at radius 1 is 1.30 bits per heavy atom. The molecule has 0 amide bonds. The monoisotopic (exact) mass is 296 g/mol. The van der Waals surface area contributed by atoms with E-state index < -0.39 is 10.0 Å². The number of aromatic amines is 1. The Morgan fingerprint density at radius 3 is 2.60 bits per heavy atom. The summed E-state index contributed by atoms with van der Waals surface area (Å²) >= 11 is 0. The van der Waals surface area contributed by atoms with Gasteiger partial charge in [0, 0.05) is 30.1 Å². The number of hydrogen-bond acceptors (Lipinski definition) is 4. The molecular formula is C13H16N2O4S. The molecule has 1 N–H and O–H groups in total. The minimum Gasteiger partial charge on any atom is -0.497 e. The highest BCUT2D eigenvalue weighted by Crippen LogP contribution is 2.19. The van der Waals surface area contributed by atoms with E-state index in [2.05, 4.69) is 4.98 Å². The quantitative estimate of drug-likeness (QED) is 0.910. The molecule has 1 aromatic heterocycles. The van der Waals surface area contributed by atoms with Crippen molar-refractivity contribution in [2.24, 2.45) is 0 Å². The zero-order valence-electron chi connectivity index (χ0n) is 11.5. The number of rotatable bonds is 4. The number of benzene rings is 1. The van der Waals surface area contributed by atoms with E-state index >= 15 is 0 Å². The lowest BCUT2D eigenvalue weighted by Gasteiger charge is -2.13. The topological polar surface area (TPSA) is 79.5 Å². The smallest absolute Gasteiger partial charge is 0.252 e. The molecule has 20 heavy (non-hydrogen) atoms. The number of sulfonamides is 1. The highest BCUT2D eigenvalue weighted by atomic mass is 32.2. The van der Waals surface area contributed by atoms with Crippen molar-refractivity contribution in [1.82, 2.24) is 9.29 Å². The Kier molecular flexibility index (Phi) is 3.82. The SMILES string of the molecule is COc1ccc2[nH]c(=O)c(CN(C)S(C)(=O)=O)cc2c1. The van der Waals surface area contributed by atoms with E-state index in [1.807, 2.05) is 0 Å². The number of H-pyrrole nitrogens is 1. The van der Waals surface area contributed by atoms with Crippen LogP contribution in [0.2, 0.25) is 0 Å². The Morgan fingerprint density at radius 2 is 2.00 bits per heavy atom. The third-order valence-corrected chi connectivity index (χ3v) is 4.35. The molecule has 6 nitrogen and oxygen atoms in total. The summed E-state index contributed by atoms with van der Waals surface area (Å²) in [5, 5.41) is 0.792. The molecule has 0 bridgehead atoms. The van der Waals surface area contributed by atoms with E-state index in [0.717, 1.165) is 15.9 Å². The number of pyridine rings is 1. The van der Waals surface area contributed by atoms with Crippen molar-refractivity contribution in [2.75, 3.05) is 20.4 Å². The van der Waals surface area contributed by atoms with E-state index in [0.29, 0.717) is 16.8 Å². The van der Waals surface area contributed by atoms with Gasteiger partial charge < -0.3 is 9.72 Å². The maximum Gasteiger partial charge on any atom is 0.252 e. The third-order valence-electron chi connectivity index (χ3n) is 3.09. The summed E-state index contributed by atoms with van der Waals surface area (Å²) in [7, 11) is -0.332. The molecular weight excluding hydrogens is 280 g/mol. The maximum atomic E-state index is 11.9. The van der Waals surface area contributed by atoms with Gasteiger partial charge in [-0.2, -0.15) is 0 Å². The summed E-state index contributed by atoms with van der Waals surface area (Å²) in [6.07, 6.45) is 1.10. The van der Waals surface area contributed by atoms with Crippen LogP contribution in [0.4, 0.5) is 0 Å². The van der Waals surface area contributed by atoms with Gasteiger partial charge in [0.25, 0.3) is 5.56 Å². The summed E-state index contributed by atoms with van der Waals surface area (Å²) in [6.45, 7) is 0.0291. The van der Waals surface area contributed by atoms with E-state index in [9.17, 15) is 13.2 Å². The van der Waals surface area contributed by atoms with Gasteiger partial charge in [0.05, 0.1) is 13.4 Å². The van der Waals surface area contributed by atoms with Gasteiger partial charge in [-0.05, 0) is 24.3 Å². The van der Waals surface area contributed by atoms with Crippen molar-refractivity contribution in [3.63, 3.8) is 0 Å². The molecule has 2 aromatic rings. The Labute approximate surface area is 117 Å². The van der Waals surface area contributed by atoms with Gasteiger partial charge in [0.2, 0.25) is 10.0 Å². The molecule has 0 atom stereocenters. The summed E-state index contributed by atoms with van der Waals surface area (Å²) in [6, 6.07) is 6.97. The Hall–Kier alpha value is -1.86. The van der Waals surface area contributed by atoms with Gasteiger partial charge in [-0.15, -0.1) is 0 Å². The fraction of sp³-hybridized carbons (Fsp3) is 0.308. The van der Waals surface area contributed by atoms with Crippen molar-refractivity contribution >= 4 is 20.9 Å². The van der Waals surface area contributed by atoms with Crippen LogP contribution in [0.25, 0.3) is 10.9 Å². The fourth-order valence-electron chi connectivity index (χ4n) is 1.83. The zero-order chi connectivity index (χ0) is 14.9. The molecule has 0 fully saturated rings. The third kappa shape index (κ3) is 3.00. The van der Waals surface area contributed by atoms with Crippen molar-refractivity contribution < 1.29 is 13.2 Å². The lowest BCUT2D eigenvalue weighted by atomic mass is 10.1. The predicted molar refractivity (Wildman–Crippen MR) is 77.4 cm³/mol. The van der Waals surface area contributed by atoms with Crippen LogP contribution in [0.3, 0.4) is 0 Å². The van der Waals surface area contributed by atoms with E-state index in [1.165, 1.54) is 7.05 Å². The highest BCUT2D eigenvalue weighted by Gasteiger charge is 2.14. The molecule has 0 saturated carbocycles. The molecule has 0 aliphatic heterocycles. The van der Waals surface area contributed by atoms with Crippen LogP contribution in [0.15, 0.2) is 29.1 Å². The summed E-state index contributed by atoms with van der Waals surface area (Å²) in [5.41, 5.74) is 0.776. The standard InChI is InChI=1S/C13H16N2O4S/c1-15(20(3,17)18)8-10-6-9-7-11(19-2)4-5-12(9)14-13(10)16/h4-7H,8H2,1-3H3,(H,14,16). The maximum absolute atomic E-state index is 11.9. The normalized spacial score (nSPS) is 12.0.